The first-order valence-corrected chi connectivity index (χ1v) is 7.39. The number of nitrogens with zero attached hydrogens (tertiary/aromatic N) is 1. The SMILES string of the molecule is CC(C)(C)C1CCCN(C2CCOCC2)CC1. The second-order valence-electron chi connectivity index (χ2n) is 6.87. The number of hydrogen-bond acceptors (Lipinski definition) is 2. The molecule has 0 radical (unpaired) electrons. The van der Waals surface area contributed by atoms with Gasteiger partial charge in [-0.15, -0.1) is 0 Å². The lowest BCUT2D eigenvalue weighted by Gasteiger charge is -2.34. The van der Waals surface area contributed by atoms with Crippen LogP contribution >= 0.6 is 0 Å². The molecule has 2 heterocycles. The van der Waals surface area contributed by atoms with Crippen LogP contribution in [0.25, 0.3) is 0 Å². The maximum absolute atomic E-state index is 5.47. The van der Waals surface area contributed by atoms with E-state index in [9.17, 15) is 0 Å². The lowest BCUT2D eigenvalue weighted by molar-refractivity contribution is 0.0342. The van der Waals surface area contributed by atoms with Crippen LogP contribution < -0.4 is 0 Å². The molecule has 0 saturated carbocycles. The highest BCUT2D eigenvalue weighted by Gasteiger charge is 2.29. The van der Waals surface area contributed by atoms with Gasteiger partial charge in [-0.25, -0.2) is 0 Å². The molecule has 2 aliphatic rings. The molecule has 2 aliphatic heterocycles. The first kappa shape index (κ1) is 13.4. The first-order valence-electron chi connectivity index (χ1n) is 7.39. The molecule has 2 rings (SSSR count). The maximum atomic E-state index is 5.47. The Morgan fingerprint density at radius 3 is 2.29 bits per heavy atom. The topological polar surface area (TPSA) is 12.5 Å². The fourth-order valence-electron chi connectivity index (χ4n) is 3.40. The fraction of sp³-hybridized carbons (Fsp3) is 1.00. The Labute approximate surface area is 107 Å². The summed E-state index contributed by atoms with van der Waals surface area (Å²) in [5.41, 5.74) is 0.492. The van der Waals surface area contributed by atoms with E-state index in [1.54, 1.807) is 0 Å². The third-order valence-electron chi connectivity index (χ3n) is 4.69. The van der Waals surface area contributed by atoms with Crippen molar-refractivity contribution in [2.24, 2.45) is 11.3 Å². The molecule has 0 aliphatic carbocycles. The zero-order chi connectivity index (χ0) is 12.3. The average Bonchev–Trinajstić information content (AvgIpc) is 2.55. The summed E-state index contributed by atoms with van der Waals surface area (Å²) in [4.78, 5) is 2.74. The lowest BCUT2D eigenvalue weighted by atomic mass is 9.77. The maximum Gasteiger partial charge on any atom is 0.0480 e. The van der Waals surface area contributed by atoms with Crippen LogP contribution in [0.15, 0.2) is 0 Å². The quantitative estimate of drug-likeness (QED) is 0.696. The molecular weight excluding hydrogens is 210 g/mol. The van der Waals surface area contributed by atoms with Crippen molar-refractivity contribution < 1.29 is 4.74 Å². The Balaban J connectivity index is 1.86. The van der Waals surface area contributed by atoms with Crippen molar-refractivity contribution in [2.45, 2.75) is 58.9 Å². The third kappa shape index (κ3) is 3.69. The second-order valence-corrected chi connectivity index (χ2v) is 6.87. The van der Waals surface area contributed by atoms with E-state index in [0.29, 0.717) is 5.41 Å². The van der Waals surface area contributed by atoms with Gasteiger partial charge in [0, 0.05) is 19.3 Å². The van der Waals surface area contributed by atoms with Gasteiger partial charge in [0.15, 0.2) is 0 Å². The van der Waals surface area contributed by atoms with E-state index in [0.717, 1.165) is 25.2 Å². The monoisotopic (exact) mass is 239 g/mol. The molecule has 0 aromatic rings. The van der Waals surface area contributed by atoms with Gasteiger partial charge in [-0.3, -0.25) is 0 Å². The van der Waals surface area contributed by atoms with Gasteiger partial charge in [0.25, 0.3) is 0 Å². The zero-order valence-corrected chi connectivity index (χ0v) is 11.9. The molecule has 2 heteroatoms. The van der Waals surface area contributed by atoms with Gasteiger partial charge in [0.05, 0.1) is 0 Å². The van der Waals surface area contributed by atoms with E-state index >= 15 is 0 Å². The van der Waals surface area contributed by atoms with E-state index in [1.807, 2.05) is 0 Å². The molecule has 100 valence electrons. The van der Waals surface area contributed by atoms with Crippen LogP contribution in [0.5, 0.6) is 0 Å². The van der Waals surface area contributed by atoms with Gasteiger partial charge in [0.1, 0.15) is 0 Å². The molecule has 2 nitrogen and oxygen atoms in total. The minimum absolute atomic E-state index is 0.492. The highest BCUT2D eigenvalue weighted by Crippen LogP contribution is 2.35. The van der Waals surface area contributed by atoms with E-state index in [4.69, 9.17) is 4.74 Å². The van der Waals surface area contributed by atoms with Gasteiger partial charge in [-0.2, -0.15) is 0 Å². The van der Waals surface area contributed by atoms with Crippen LogP contribution in [0.1, 0.15) is 52.9 Å². The molecule has 1 unspecified atom stereocenters. The van der Waals surface area contributed by atoms with Crippen molar-refractivity contribution in [2.75, 3.05) is 26.3 Å². The van der Waals surface area contributed by atoms with Crippen LogP contribution in [0.4, 0.5) is 0 Å². The highest BCUT2D eigenvalue weighted by molar-refractivity contribution is 4.82. The predicted octanol–water partition coefficient (Wildman–Crippen LogP) is 3.31. The Morgan fingerprint density at radius 2 is 1.65 bits per heavy atom. The Morgan fingerprint density at radius 1 is 0.941 bits per heavy atom. The molecule has 0 aromatic carbocycles. The lowest BCUT2D eigenvalue weighted by Crippen LogP contribution is -2.40. The first-order chi connectivity index (χ1) is 8.07. The van der Waals surface area contributed by atoms with E-state index < -0.39 is 0 Å². The molecule has 0 N–H and O–H groups in total. The molecule has 17 heavy (non-hydrogen) atoms. The minimum atomic E-state index is 0.492. The van der Waals surface area contributed by atoms with Crippen molar-refractivity contribution in [3.63, 3.8) is 0 Å². The van der Waals surface area contributed by atoms with Crippen molar-refractivity contribution in [3.05, 3.63) is 0 Å². The summed E-state index contributed by atoms with van der Waals surface area (Å²) < 4.78 is 5.47. The molecule has 0 aromatic heterocycles. The summed E-state index contributed by atoms with van der Waals surface area (Å²) in [6, 6.07) is 0.808. The van der Waals surface area contributed by atoms with Crippen molar-refractivity contribution in [3.8, 4) is 0 Å². The van der Waals surface area contributed by atoms with Crippen LogP contribution in [0.3, 0.4) is 0 Å². The summed E-state index contributed by atoms with van der Waals surface area (Å²) in [6.07, 6.45) is 6.70. The summed E-state index contributed by atoms with van der Waals surface area (Å²) >= 11 is 0. The van der Waals surface area contributed by atoms with E-state index in [-0.39, 0.29) is 0 Å². The average molecular weight is 239 g/mol. The highest BCUT2D eigenvalue weighted by atomic mass is 16.5. The second kappa shape index (κ2) is 5.71. The summed E-state index contributed by atoms with van der Waals surface area (Å²) in [7, 11) is 0. The largest absolute Gasteiger partial charge is 0.381 e. The van der Waals surface area contributed by atoms with Gasteiger partial charge in [-0.1, -0.05) is 20.8 Å². The van der Waals surface area contributed by atoms with E-state index in [2.05, 4.69) is 25.7 Å². The Kier molecular flexibility index (Phi) is 4.48. The van der Waals surface area contributed by atoms with Crippen molar-refractivity contribution >= 4 is 0 Å². The van der Waals surface area contributed by atoms with Crippen LogP contribution in [0, 0.1) is 11.3 Å². The smallest absolute Gasteiger partial charge is 0.0480 e. The van der Waals surface area contributed by atoms with Gasteiger partial charge >= 0.3 is 0 Å². The Bertz CT molecular complexity index is 228. The predicted molar refractivity (Wildman–Crippen MR) is 72.2 cm³/mol. The molecule has 1 atom stereocenters. The number of hydrogen-bond donors (Lipinski definition) is 0. The summed E-state index contributed by atoms with van der Waals surface area (Å²) in [6.45, 7) is 11.8. The van der Waals surface area contributed by atoms with Crippen LogP contribution in [0.2, 0.25) is 0 Å². The summed E-state index contributed by atoms with van der Waals surface area (Å²) in [5, 5.41) is 0. The van der Waals surface area contributed by atoms with E-state index in [1.165, 1.54) is 45.2 Å². The number of ether oxygens (including phenoxy) is 1. The third-order valence-corrected chi connectivity index (χ3v) is 4.69. The molecular formula is C15H29NO. The Hall–Kier alpha value is -0.0800. The minimum Gasteiger partial charge on any atom is -0.381 e. The van der Waals surface area contributed by atoms with Crippen molar-refractivity contribution in [1.82, 2.24) is 4.90 Å². The number of rotatable bonds is 1. The fourth-order valence-corrected chi connectivity index (χ4v) is 3.40. The van der Waals surface area contributed by atoms with Crippen LogP contribution in [-0.2, 0) is 4.74 Å². The summed E-state index contributed by atoms with van der Waals surface area (Å²) in [5.74, 6) is 0.910. The van der Waals surface area contributed by atoms with Gasteiger partial charge in [-0.05, 0) is 56.5 Å². The molecule has 0 spiro atoms. The normalized spacial score (nSPS) is 30.2. The molecule has 0 amide bonds. The number of likely N-dealkylation sites (tertiary alicyclic amines) is 1. The zero-order valence-electron chi connectivity index (χ0n) is 11.9. The van der Waals surface area contributed by atoms with Crippen LogP contribution in [-0.4, -0.2) is 37.2 Å². The van der Waals surface area contributed by atoms with Gasteiger partial charge < -0.3 is 9.64 Å². The standard InChI is InChI=1S/C15H29NO/c1-15(2,3)13-5-4-9-16(10-6-13)14-7-11-17-12-8-14/h13-14H,4-12H2,1-3H3. The molecule has 2 saturated heterocycles. The van der Waals surface area contributed by atoms with Gasteiger partial charge in [0.2, 0.25) is 0 Å². The van der Waals surface area contributed by atoms with Crippen molar-refractivity contribution in [1.29, 1.82) is 0 Å². The molecule has 0 bridgehead atoms. The molecule has 2 fully saturated rings.